The number of rotatable bonds is 8. The lowest BCUT2D eigenvalue weighted by atomic mass is 9.85. The minimum absolute atomic E-state index is 0.133. The van der Waals surface area contributed by atoms with Crippen molar-refractivity contribution < 1.29 is 18.3 Å². The molecule has 29 heavy (non-hydrogen) atoms. The van der Waals surface area contributed by atoms with Gasteiger partial charge in [0.2, 0.25) is 0 Å². The minimum atomic E-state index is -0.857. The molecule has 156 valence electrons. The average Bonchev–Trinajstić information content (AvgIpc) is 2.72. The average molecular weight is 467 g/mol. The van der Waals surface area contributed by atoms with Crippen molar-refractivity contribution in [2.24, 2.45) is 0 Å². The summed E-state index contributed by atoms with van der Waals surface area (Å²) in [5.41, 5.74) is 0.915. The van der Waals surface area contributed by atoms with Crippen molar-refractivity contribution in [3.05, 3.63) is 69.9 Å². The molecule has 1 fully saturated rings. The molecule has 2 aromatic rings. The van der Waals surface area contributed by atoms with Gasteiger partial charge in [-0.3, -0.25) is 0 Å². The van der Waals surface area contributed by atoms with Gasteiger partial charge in [-0.1, -0.05) is 40.2 Å². The van der Waals surface area contributed by atoms with Crippen LogP contribution in [0.15, 0.2) is 53.0 Å². The molecule has 0 aromatic heterocycles. The molecule has 1 heterocycles. The maximum Gasteiger partial charge on any atom is 0.411 e. The van der Waals surface area contributed by atoms with Crippen LogP contribution in [0, 0.1) is 5.82 Å². The van der Waals surface area contributed by atoms with E-state index in [9.17, 15) is 13.6 Å². The third kappa shape index (κ3) is 5.14. The number of carbonyl (C=O) groups excluding carboxylic acids is 1. The predicted molar refractivity (Wildman–Crippen MR) is 112 cm³/mol. The summed E-state index contributed by atoms with van der Waals surface area (Å²) >= 11 is 3.42. The van der Waals surface area contributed by atoms with E-state index in [0.717, 1.165) is 15.6 Å². The SMILES string of the molecule is C[C@@H](c1ccc(Br)cc1)N1CC[C@](CCNCCF)(c2ccc(F)cc2)OC1=O. The smallest absolute Gasteiger partial charge is 0.411 e. The highest BCUT2D eigenvalue weighted by Gasteiger charge is 2.43. The number of hydrogen-bond donors (Lipinski definition) is 1. The number of cyclic esters (lactones) is 1. The first-order valence-corrected chi connectivity index (χ1v) is 10.5. The summed E-state index contributed by atoms with van der Waals surface area (Å²) in [7, 11) is 0. The van der Waals surface area contributed by atoms with Crippen LogP contribution in [0.3, 0.4) is 0 Å². The summed E-state index contributed by atoms with van der Waals surface area (Å²) in [6.45, 7) is 2.77. The van der Waals surface area contributed by atoms with Crippen molar-refractivity contribution in [2.45, 2.75) is 31.4 Å². The summed E-state index contributed by atoms with van der Waals surface area (Å²) in [6.07, 6.45) is 0.662. The van der Waals surface area contributed by atoms with Crippen molar-refractivity contribution in [3.8, 4) is 0 Å². The Bertz CT molecular complexity index is 817. The topological polar surface area (TPSA) is 41.6 Å². The molecule has 0 saturated carbocycles. The number of alkyl halides is 1. The highest BCUT2D eigenvalue weighted by atomic mass is 79.9. The van der Waals surface area contributed by atoms with Crippen LogP contribution in [0.2, 0.25) is 0 Å². The minimum Gasteiger partial charge on any atom is -0.438 e. The van der Waals surface area contributed by atoms with Crippen LogP contribution in [-0.2, 0) is 10.3 Å². The molecule has 4 nitrogen and oxygen atoms in total. The molecule has 0 aliphatic carbocycles. The van der Waals surface area contributed by atoms with Crippen LogP contribution in [0.4, 0.5) is 13.6 Å². The molecule has 1 N–H and O–H groups in total. The van der Waals surface area contributed by atoms with Gasteiger partial charge in [0, 0.05) is 30.4 Å². The third-order valence-electron chi connectivity index (χ3n) is 5.44. The second-order valence-corrected chi connectivity index (χ2v) is 8.14. The fourth-order valence-corrected chi connectivity index (χ4v) is 3.97. The molecule has 1 aliphatic heterocycles. The molecule has 1 amide bonds. The Morgan fingerprint density at radius 2 is 1.86 bits per heavy atom. The maximum atomic E-state index is 13.4. The van der Waals surface area contributed by atoms with E-state index in [1.54, 1.807) is 17.0 Å². The van der Waals surface area contributed by atoms with E-state index in [-0.39, 0.29) is 18.4 Å². The number of benzene rings is 2. The van der Waals surface area contributed by atoms with Crippen LogP contribution < -0.4 is 5.32 Å². The van der Waals surface area contributed by atoms with Gasteiger partial charge in [-0.15, -0.1) is 0 Å². The molecular formula is C22H25BrF2N2O2. The summed E-state index contributed by atoms with van der Waals surface area (Å²) in [6, 6.07) is 13.8. The lowest BCUT2D eigenvalue weighted by Gasteiger charge is -2.43. The van der Waals surface area contributed by atoms with Gasteiger partial charge in [-0.25, -0.2) is 13.6 Å². The predicted octanol–water partition coefficient (Wildman–Crippen LogP) is 5.34. The first kappa shape index (κ1) is 21.7. The fourth-order valence-electron chi connectivity index (χ4n) is 3.70. The monoisotopic (exact) mass is 466 g/mol. The fraction of sp³-hybridized carbons (Fsp3) is 0.409. The van der Waals surface area contributed by atoms with Gasteiger partial charge in [0.15, 0.2) is 0 Å². The summed E-state index contributed by atoms with van der Waals surface area (Å²) < 4.78 is 32.8. The van der Waals surface area contributed by atoms with Crippen molar-refractivity contribution in [3.63, 3.8) is 0 Å². The number of ether oxygens (including phenoxy) is 1. The molecule has 2 atom stereocenters. The van der Waals surface area contributed by atoms with Gasteiger partial charge in [-0.2, -0.15) is 0 Å². The molecule has 0 spiro atoms. The number of carbonyl (C=O) groups is 1. The first-order chi connectivity index (χ1) is 13.9. The van der Waals surface area contributed by atoms with Gasteiger partial charge in [-0.05, 0) is 48.9 Å². The lowest BCUT2D eigenvalue weighted by molar-refractivity contribution is -0.0650. The normalized spacial score (nSPS) is 20.4. The quantitative estimate of drug-likeness (QED) is 0.534. The molecule has 0 radical (unpaired) electrons. The molecule has 0 bridgehead atoms. The second kappa shape index (κ2) is 9.67. The van der Waals surface area contributed by atoms with Crippen molar-refractivity contribution in [2.75, 3.05) is 26.3 Å². The van der Waals surface area contributed by atoms with E-state index in [1.807, 2.05) is 31.2 Å². The summed E-state index contributed by atoms with van der Waals surface area (Å²) in [5.74, 6) is -0.341. The Morgan fingerprint density at radius 1 is 1.17 bits per heavy atom. The lowest BCUT2D eigenvalue weighted by Crippen LogP contribution is -2.49. The van der Waals surface area contributed by atoms with E-state index in [4.69, 9.17) is 4.74 Å². The highest BCUT2D eigenvalue weighted by molar-refractivity contribution is 9.10. The molecule has 7 heteroatoms. The molecule has 2 aromatic carbocycles. The molecule has 1 saturated heterocycles. The van der Waals surface area contributed by atoms with Gasteiger partial charge < -0.3 is 15.0 Å². The number of nitrogens with zero attached hydrogens (tertiary/aromatic N) is 1. The van der Waals surface area contributed by atoms with Crippen LogP contribution >= 0.6 is 15.9 Å². The molecule has 3 rings (SSSR count). The summed E-state index contributed by atoms with van der Waals surface area (Å²) in [4.78, 5) is 14.7. The second-order valence-electron chi connectivity index (χ2n) is 7.23. The van der Waals surface area contributed by atoms with Crippen molar-refractivity contribution in [1.82, 2.24) is 10.2 Å². The third-order valence-corrected chi connectivity index (χ3v) is 5.97. The van der Waals surface area contributed by atoms with Crippen LogP contribution in [0.5, 0.6) is 0 Å². The standard InChI is InChI=1S/C22H25BrF2N2O2/c1-16(17-2-6-19(23)7-3-17)27-15-11-22(29-21(27)28,10-13-26-14-12-24)18-4-8-20(25)9-5-18/h2-9,16,26H,10-15H2,1H3/t16-,22+/m0/s1. The Balaban J connectivity index is 1.78. The Labute approximate surface area is 178 Å². The van der Waals surface area contributed by atoms with Crippen LogP contribution in [0.25, 0.3) is 0 Å². The molecule has 1 aliphatic rings. The number of amides is 1. The first-order valence-electron chi connectivity index (χ1n) is 9.73. The Hall–Kier alpha value is -1.99. The zero-order valence-electron chi connectivity index (χ0n) is 16.3. The highest BCUT2D eigenvalue weighted by Crippen LogP contribution is 2.39. The number of halogens is 3. The molecule has 0 unspecified atom stereocenters. The van der Waals surface area contributed by atoms with Crippen molar-refractivity contribution in [1.29, 1.82) is 0 Å². The number of nitrogens with one attached hydrogen (secondary N) is 1. The zero-order valence-corrected chi connectivity index (χ0v) is 17.9. The Morgan fingerprint density at radius 3 is 2.48 bits per heavy atom. The van der Waals surface area contributed by atoms with E-state index in [2.05, 4.69) is 21.2 Å². The number of hydrogen-bond acceptors (Lipinski definition) is 3. The maximum absolute atomic E-state index is 13.4. The molecular weight excluding hydrogens is 442 g/mol. The van der Waals surface area contributed by atoms with E-state index in [0.29, 0.717) is 25.9 Å². The van der Waals surface area contributed by atoms with E-state index >= 15 is 0 Å². The van der Waals surface area contributed by atoms with Crippen LogP contribution in [0.1, 0.15) is 36.9 Å². The van der Waals surface area contributed by atoms with Gasteiger partial charge in [0.05, 0.1) is 6.04 Å². The van der Waals surface area contributed by atoms with Gasteiger partial charge in [0.25, 0.3) is 0 Å². The largest absolute Gasteiger partial charge is 0.438 e. The van der Waals surface area contributed by atoms with E-state index in [1.165, 1.54) is 12.1 Å². The van der Waals surface area contributed by atoms with Gasteiger partial charge >= 0.3 is 6.09 Å². The summed E-state index contributed by atoms with van der Waals surface area (Å²) in [5, 5.41) is 3.01. The zero-order chi connectivity index (χ0) is 20.9. The van der Waals surface area contributed by atoms with E-state index < -0.39 is 18.4 Å². The Kier molecular flexibility index (Phi) is 7.24. The van der Waals surface area contributed by atoms with Crippen LogP contribution in [-0.4, -0.2) is 37.3 Å². The van der Waals surface area contributed by atoms with Crippen molar-refractivity contribution >= 4 is 22.0 Å². The van der Waals surface area contributed by atoms with Gasteiger partial charge in [0.1, 0.15) is 18.1 Å².